The number of ketones is 1. The molecule has 6 nitrogen and oxygen atoms in total. The zero-order valence-corrected chi connectivity index (χ0v) is 18.0. The van der Waals surface area contributed by atoms with Crippen molar-refractivity contribution in [2.75, 3.05) is 0 Å². The van der Waals surface area contributed by atoms with Gasteiger partial charge < -0.3 is 9.16 Å². The van der Waals surface area contributed by atoms with Crippen LogP contribution in [0.2, 0.25) is 18.1 Å². The minimum atomic E-state index is -1.90. The molecule has 0 aliphatic rings. The van der Waals surface area contributed by atoms with Gasteiger partial charge in [-0.2, -0.15) is 0 Å². The standard InChI is InChI=1S/C18H32N2O4Si/c1-13(21)15-19-14(11-24-25(8,9)18(5,6)7)10-20(15)12-23-16(22)17(2,3)4/h10H,11-12H2,1-9H3. The van der Waals surface area contributed by atoms with Gasteiger partial charge in [-0.05, 0) is 38.9 Å². The molecule has 0 aromatic carbocycles. The number of nitrogens with zero attached hydrogens (tertiary/aromatic N) is 2. The lowest BCUT2D eigenvalue weighted by atomic mass is 9.98. The number of ether oxygens (including phenoxy) is 1. The zero-order valence-electron chi connectivity index (χ0n) is 17.0. The summed E-state index contributed by atoms with van der Waals surface area (Å²) < 4.78 is 13.0. The Morgan fingerprint density at radius 3 is 2.16 bits per heavy atom. The maximum atomic E-state index is 11.9. The van der Waals surface area contributed by atoms with Gasteiger partial charge >= 0.3 is 5.97 Å². The highest BCUT2D eigenvalue weighted by atomic mass is 28.4. The fraction of sp³-hybridized carbons (Fsp3) is 0.722. The number of imidazole rings is 1. The highest BCUT2D eigenvalue weighted by Crippen LogP contribution is 2.37. The molecule has 0 bridgehead atoms. The summed E-state index contributed by atoms with van der Waals surface area (Å²) in [5.41, 5.74) is 0.0763. The maximum Gasteiger partial charge on any atom is 0.312 e. The van der Waals surface area contributed by atoms with Gasteiger partial charge in [0.2, 0.25) is 0 Å². The first-order valence-corrected chi connectivity index (χ1v) is 11.4. The molecule has 142 valence electrons. The van der Waals surface area contributed by atoms with Gasteiger partial charge in [-0.3, -0.25) is 14.2 Å². The van der Waals surface area contributed by atoms with Crippen molar-refractivity contribution < 1.29 is 18.8 Å². The summed E-state index contributed by atoms with van der Waals surface area (Å²) >= 11 is 0. The molecule has 0 amide bonds. The van der Waals surface area contributed by atoms with Crippen molar-refractivity contribution in [3.63, 3.8) is 0 Å². The molecule has 25 heavy (non-hydrogen) atoms. The van der Waals surface area contributed by atoms with Crippen molar-refractivity contribution in [2.24, 2.45) is 5.41 Å². The van der Waals surface area contributed by atoms with Crippen LogP contribution in [0.5, 0.6) is 0 Å². The Kier molecular flexibility index (Phi) is 6.40. The second-order valence-corrected chi connectivity index (χ2v) is 13.8. The van der Waals surface area contributed by atoms with Crippen LogP contribution in [-0.4, -0.2) is 29.6 Å². The molecule has 0 spiro atoms. The molecule has 1 aromatic rings. The lowest BCUT2D eigenvalue weighted by molar-refractivity contribution is -0.157. The van der Waals surface area contributed by atoms with E-state index in [4.69, 9.17) is 9.16 Å². The van der Waals surface area contributed by atoms with Gasteiger partial charge in [0, 0.05) is 13.1 Å². The SMILES string of the molecule is CC(=O)c1nc(CO[Si](C)(C)C(C)(C)C)cn1COC(=O)C(C)(C)C. The van der Waals surface area contributed by atoms with Crippen LogP contribution in [-0.2, 0) is 27.3 Å². The van der Waals surface area contributed by atoms with E-state index < -0.39 is 13.7 Å². The van der Waals surface area contributed by atoms with Crippen LogP contribution in [0.25, 0.3) is 0 Å². The third-order valence-corrected chi connectivity index (χ3v) is 8.95. The number of hydrogen-bond donors (Lipinski definition) is 0. The Bertz CT molecular complexity index is 636. The minimum absolute atomic E-state index is 0.0297. The first-order valence-electron chi connectivity index (χ1n) is 8.53. The maximum absolute atomic E-state index is 11.9. The summed E-state index contributed by atoms with van der Waals surface area (Å²) in [6, 6.07) is 0. The van der Waals surface area contributed by atoms with Crippen molar-refractivity contribution in [2.45, 2.75) is 79.9 Å². The number of esters is 1. The molecule has 7 heteroatoms. The Morgan fingerprint density at radius 2 is 1.72 bits per heavy atom. The zero-order chi connectivity index (χ0) is 19.6. The minimum Gasteiger partial charge on any atom is -0.443 e. The predicted octanol–water partition coefficient (Wildman–Crippen LogP) is 4.15. The van der Waals surface area contributed by atoms with E-state index >= 15 is 0 Å². The number of Topliss-reactive ketones (excluding diaryl/α,β-unsaturated/α-hetero) is 1. The topological polar surface area (TPSA) is 70.4 Å². The van der Waals surface area contributed by atoms with Crippen LogP contribution in [0.15, 0.2) is 6.20 Å². The van der Waals surface area contributed by atoms with Crippen LogP contribution in [0.1, 0.15) is 64.8 Å². The molecule has 0 N–H and O–H groups in total. The first kappa shape index (κ1) is 21.6. The molecule has 0 fully saturated rings. The highest BCUT2D eigenvalue weighted by molar-refractivity contribution is 6.74. The van der Waals surface area contributed by atoms with Crippen molar-refractivity contribution in [1.82, 2.24) is 9.55 Å². The molecule has 0 aliphatic carbocycles. The van der Waals surface area contributed by atoms with Gasteiger partial charge in [0.05, 0.1) is 17.7 Å². The third kappa shape index (κ3) is 5.78. The van der Waals surface area contributed by atoms with Crippen LogP contribution < -0.4 is 0 Å². The van der Waals surface area contributed by atoms with Crippen molar-refractivity contribution in [1.29, 1.82) is 0 Å². The van der Waals surface area contributed by atoms with Crippen LogP contribution in [0.4, 0.5) is 0 Å². The van der Waals surface area contributed by atoms with E-state index in [2.05, 4.69) is 38.8 Å². The number of carbonyl (C=O) groups excluding carboxylic acids is 2. The van der Waals surface area contributed by atoms with E-state index in [1.54, 1.807) is 31.5 Å². The summed E-state index contributed by atoms with van der Waals surface area (Å²) in [6.45, 7) is 18.0. The van der Waals surface area contributed by atoms with E-state index in [0.29, 0.717) is 12.3 Å². The first-order chi connectivity index (χ1) is 11.1. The molecular formula is C18H32N2O4Si. The van der Waals surface area contributed by atoms with Crippen molar-refractivity contribution >= 4 is 20.1 Å². The second-order valence-electron chi connectivity index (χ2n) is 8.94. The Morgan fingerprint density at radius 1 is 1.16 bits per heavy atom. The summed E-state index contributed by atoms with van der Waals surface area (Å²) in [7, 11) is -1.90. The molecule has 0 saturated heterocycles. The van der Waals surface area contributed by atoms with E-state index in [0.717, 1.165) is 0 Å². The quantitative estimate of drug-likeness (QED) is 0.428. The van der Waals surface area contributed by atoms with Crippen molar-refractivity contribution in [3.05, 3.63) is 17.7 Å². The number of carbonyl (C=O) groups is 2. The molecule has 0 saturated carbocycles. The molecule has 0 aliphatic heterocycles. The molecular weight excluding hydrogens is 336 g/mol. The Labute approximate surface area is 152 Å². The molecule has 0 radical (unpaired) electrons. The lowest BCUT2D eigenvalue weighted by Gasteiger charge is -2.35. The van der Waals surface area contributed by atoms with E-state index in [1.165, 1.54) is 6.92 Å². The average molecular weight is 369 g/mol. The van der Waals surface area contributed by atoms with Gasteiger partial charge in [-0.1, -0.05) is 20.8 Å². The second kappa shape index (κ2) is 7.41. The normalized spacial score (nSPS) is 13.0. The van der Waals surface area contributed by atoms with Gasteiger partial charge in [-0.15, -0.1) is 0 Å². The molecule has 1 rings (SSSR count). The predicted molar refractivity (Wildman–Crippen MR) is 99.8 cm³/mol. The average Bonchev–Trinajstić information content (AvgIpc) is 2.83. The van der Waals surface area contributed by atoms with Gasteiger partial charge in [-0.25, -0.2) is 4.98 Å². The highest BCUT2D eigenvalue weighted by Gasteiger charge is 2.37. The third-order valence-electron chi connectivity index (χ3n) is 4.48. The molecule has 0 atom stereocenters. The molecule has 0 unspecified atom stereocenters. The molecule has 1 heterocycles. The van der Waals surface area contributed by atoms with Gasteiger partial charge in [0.1, 0.15) is 0 Å². The summed E-state index contributed by atoms with van der Waals surface area (Å²) in [5.74, 6) is -0.226. The van der Waals surface area contributed by atoms with Gasteiger partial charge in [0.25, 0.3) is 0 Å². The van der Waals surface area contributed by atoms with Crippen LogP contribution in [0, 0.1) is 5.41 Å². The number of hydrogen-bond acceptors (Lipinski definition) is 5. The Hall–Kier alpha value is -1.47. The van der Waals surface area contributed by atoms with E-state index in [9.17, 15) is 9.59 Å². The van der Waals surface area contributed by atoms with Crippen LogP contribution >= 0.6 is 0 Å². The van der Waals surface area contributed by atoms with Gasteiger partial charge in [0.15, 0.2) is 26.7 Å². The molecule has 1 aromatic heterocycles. The Balaban J connectivity index is 2.88. The van der Waals surface area contributed by atoms with Crippen LogP contribution in [0.3, 0.4) is 0 Å². The van der Waals surface area contributed by atoms with E-state index in [1.807, 2.05) is 0 Å². The van der Waals surface area contributed by atoms with Crippen molar-refractivity contribution in [3.8, 4) is 0 Å². The lowest BCUT2D eigenvalue weighted by Crippen LogP contribution is -2.40. The fourth-order valence-electron chi connectivity index (χ4n) is 1.73. The fourth-order valence-corrected chi connectivity index (χ4v) is 2.68. The number of rotatable bonds is 6. The summed E-state index contributed by atoms with van der Waals surface area (Å²) in [5, 5.41) is 0.0984. The smallest absolute Gasteiger partial charge is 0.312 e. The summed E-state index contributed by atoms with van der Waals surface area (Å²) in [6.07, 6.45) is 1.72. The summed E-state index contributed by atoms with van der Waals surface area (Å²) in [4.78, 5) is 28.1. The van der Waals surface area contributed by atoms with E-state index in [-0.39, 0.29) is 29.3 Å². The largest absolute Gasteiger partial charge is 0.443 e. The monoisotopic (exact) mass is 368 g/mol. The number of aromatic nitrogens is 2.